The topological polar surface area (TPSA) is 111 Å². The molecule has 1 heterocycles. The molecule has 0 unspecified atom stereocenters. The predicted molar refractivity (Wildman–Crippen MR) is 111 cm³/mol. The second kappa shape index (κ2) is 9.36. The Labute approximate surface area is 173 Å². The molecule has 0 radical (unpaired) electrons. The average Bonchev–Trinajstić information content (AvgIpc) is 3.17. The number of nitro benzene ring substituents is 1. The van der Waals surface area contributed by atoms with Crippen molar-refractivity contribution < 1.29 is 24.0 Å². The van der Waals surface area contributed by atoms with Gasteiger partial charge >= 0.3 is 5.97 Å². The van der Waals surface area contributed by atoms with Gasteiger partial charge in [-0.25, -0.2) is 4.79 Å². The molecule has 2 aromatic rings. The van der Waals surface area contributed by atoms with E-state index in [1.54, 1.807) is 4.90 Å². The fourth-order valence-electron chi connectivity index (χ4n) is 3.32. The molecular weight excluding hydrogens is 390 g/mol. The van der Waals surface area contributed by atoms with E-state index in [0.29, 0.717) is 25.4 Å². The molecule has 158 valence electrons. The summed E-state index contributed by atoms with van der Waals surface area (Å²) in [4.78, 5) is 37.7. The van der Waals surface area contributed by atoms with Crippen molar-refractivity contribution in [3.63, 3.8) is 0 Å². The van der Waals surface area contributed by atoms with E-state index in [2.05, 4.69) is 5.32 Å². The van der Waals surface area contributed by atoms with Crippen molar-refractivity contribution in [1.29, 1.82) is 0 Å². The van der Waals surface area contributed by atoms with E-state index in [1.165, 1.54) is 26.2 Å². The van der Waals surface area contributed by atoms with Crippen molar-refractivity contribution in [1.82, 2.24) is 0 Å². The van der Waals surface area contributed by atoms with Crippen molar-refractivity contribution in [3.05, 3.63) is 63.7 Å². The number of nitrogens with one attached hydrogen (secondary N) is 1. The van der Waals surface area contributed by atoms with Gasteiger partial charge in [-0.05, 0) is 31.0 Å². The number of nitro groups is 1. The standard InChI is InChI=1S/C21H23N3O6/c1-14(20(25)23-11-9-15-5-3-4-6-19(15)23)30-21(26)17-13-16(24(27)28)7-8-18(17)22-10-12-29-2/h3-8,13-14,22H,9-12H2,1-2H3/t14-/m0/s1. The molecule has 1 N–H and O–H groups in total. The molecule has 9 nitrogen and oxygen atoms in total. The van der Waals surface area contributed by atoms with Crippen LogP contribution >= 0.6 is 0 Å². The molecule has 0 bridgehead atoms. The third kappa shape index (κ3) is 4.57. The summed E-state index contributed by atoms with van der Waals surface area (Å²) in [5.74, 6) is -1.15. The van der Waals surface area contributed by atoms with Crippen molar-refractivity contribution in [3.8, 4) is 0 Å². The van der Waals surface area contributed by atoms with Crippen LogP contribution in [0.15, 0.2) is 42.5 Å². The molecule has 0 aromatic heterocycles. The van der Waals surface area contributed by atoms with E-state index in [4.69, 9.17) is 9.47 Å². The van der Waals surface area contributed by atoms with Gasteiger partial charge in [0.1, 0.15) is 0 Å². The van der Waals surface area contributed by atoms with Gasteiger partial charge < -0.3 is 19.7 Å². The molecule has 3 rings (SSSR count). The maximum atomic E-state index is 12.9. The summed E-state index contributed by atoms with van der Waals surface area (Å²) in [7, 11) is 1.54. The van der Waals surface area contributed by atoms with Crippen LogP contribution in [0.25, 0.3) is 0 Å². The lowest BCUT2D eigenvalue weighted by atomic mass is 10.1. The van der Waals surface area contributed by atoms with Crippen LogP contribution in [0.5, 0.6) is 0 Å². The van der Waals surface area contributed by atoms with Gasteiger partial charge in [-0.15, -0.1) is 0 Å². The van der Waals surface area contributed by atoms with Gasteiger partial charge in [-0.2, -0.15) is 0 Å². The number of carbonyl (C=O) groups is 2. The molecule has 0 fully saturated rings. The van der Waals surface area contributed by atoms with Gasteiger partial charge in [0.15, 0.2) is 6.10 Å². The van der Waals surface area contributed by atoms with Crippen LogP contribution in [-0.2, 0) is 20.7 Å². The Hall–Kier alpha value is -3.46. The zero-order valence-corrected chi connectivity index (χ0v) is 16.8. The summed E-state index contributed by atoms with van der Waals surface area (Å²) in [6.45, 7) is 2.79. The van der Waals surface area contributed by atoms with E-state index in [0.717, 1.165) is 23.7 Å². The molecule has 0 saturated heterocycles. The molecule has 30 heavy (non-hydrogen) atoms. The summed E-state index contributed by atoms with van der Waals surface area (Å²) >= 11 is 0. The Kier molecular flexibility index (Phi) is 6.63. The van der Waals surface area contributed by atoms with Crippen molar-refractivity contribution in [2.24, 2.45) is 0 Å². The minimum absolute atomic E-state index is 0.0122. The van der Waals surface area contributed by atoms with E-state index in [-0.39, 0.29) is 17.2 Å². The van der Waals surface area contributed by atoms with Gasteiger partial charge in [-0.3, -0.25) is 14.9 Å². The maximum absolute atomic E-state index is 12.9. The lowest BCUT2D eigenvalue weighted by molar-refractivity contribution is -0.384. The fourth-order valence-corrected chi connectivity index (χ4v) is 3.32. The molecule has 2 aromatic carbocycles. The van der Waals surface area contributed by atoms with Crippen LogP contribution in [0.2, 0.25) is 0 Å². The Morgan fingerprint density at radius 3 is 2.77 bits per heavy atom. The summed E-state index contributed by atoms with van der Waals surface area (Å²) in [5.41, 5.74) is 1.98. The number of carbonyl (C=O) groups excluding carboxylic acids is 2. The highest BCUT2D eigenvalue weighted by atomic mass is 16.6. The van der Waals surface area contributed by atoms with Gasteiger partial charge in [0, 0.05) is 43.7 Å². The van der Waals surface area contributed by atoms with Crippen LogP contribution in [-0.4, -0.2) is 49.7 Å². The number of amides is 1. The van der Waals surface area contributed by atoms with Gasteiger partial charge in [-0.1, -0.05) is 18.2 Å². The quantitative estimate of drug-likeness (QED) is 0.307. The lowest BCUT2D eigenvalue weighted by Gasteiger charge is -2.22. The van der Waals surface area contributed by atoms with E-state index < -0.39 is 17.0 Å². The molecule has 1 aliphatic heterocycles. The molecule has 0 spiro atoms. The van der Waals surface area contributed by atoms with E-state index >= 15 is 0 Å². The number of fused-ring (bicyclic) bond motifs is 1. The smallest absolute Gasteiger partial charge is 0.341 e. The molecule has 1 atom stereocenters. The highest BCUT2D eigenvalue weighted by molar-refractivity contribution is 6.02. The van der Waals surface area contributed by atoms with Crippen molar-refractivity contribution in [2.45, 2.75) is 19.4 Å². The summed E-state index contributed by atoms with van der Waals surface area (Å²) in [6, 6.07) is 11.4. The Balaban J connectivity index is 1.76. The second-order valence-corrected chi connectivity index (χ2v) is 6.82. The highest BCUT2D eigenvalue weighted by Crippen LogP contribution is 2.29. The third-order valence-corrected chi connectivity index (χ3v) is 4.84. The first-order chi connectivity index (χ1) is 14.4. The van der Waals surface area contributed by atoms with Crippen molar-refractivity contribution in [2.75, 3.05) is 37.0 Å². The zero-order chi connectivity index (χ0) is 21.7. The van der Waals surface area contributed by atoms with Gasteiger partial charge in [0.2, 0.25) is 0 Å². The first-order valence-corrected chi connectivity index (χ1v) is 9.54. The molecule has 9 heteroatoms. The number of methoxy groups -OCH3 is 1. The van der Waals surface area contributed by atoms with Crippen LogP contribution in [0, 0.1) is 10.1 Å². The van der Waals surface area contributed by atoms with Crippen LogP contribution in [0.4, 0.5) is 17.1 Å². The molecule has 0 aliphatic carbocycles. The molecule has 1 amide bonds. The normalized spacial score (nSPS) is 13.5. The first kappa shape index (κ1) is 21.3. The largest absolute Gasteiger partial charge is 0.449 e. The summed E-state index contributed by atoms with van der Waals surface area (Å²) in [6.07, 6.45) is -0.309. The maximum Gasteiger partial charge on any atom is 0.341 e. The minimum atomic E-state index is -1.05. The molecular formula is C21H23N3O6. The number of non-ortho nitro benzene ring substituents is 1. The number of para-hydroxylation sites is 1. The molecule has 1 aliphatic rings. The number of benzene rings is 2. The van der Waals surface area contributed by atoms with Crippen LogP contribution in [0.1, 0.15) is 22.8 Å². The number of esters is 1. The predicted octanol–water partition coefficient (Wildman–Crippen LogP) is 2.79. The first-order valence-electron chi connectivity index (χ1n) is 9.54. The number of hydrogen-bond acceptors (Lipinski definition) is 7. The van der Waals surface area contributed by atoms with Gasteiger partial charge in [0.05, 0.1) is 17.1 Å². The number of hydrogen-bond donors (Lipinski definition) is 1. The summed E-state index contributed by atoms with van der Waals surface area (Å²) < 4.78 is 10.4. The Bertz CT molecular complexity index is 962. The van der Waals surface area contributed by atoms with Crippen molar-refractivity contribution >= 4 is 28.9 Å². The highest BCUT2D eigenvalue weighted by Gasteiger charge is 2.30. The SMILES string of the molecule is COCCNc1ccc([N+](=O)[O-])cc1C(=O)O[C@@H](C)C(=O)N1CCc2ccccc21. The van der Waals surface area contributed by atoms with Crippen LogP contribution in [0.3, 0.4) is 0 Å². The number of rotatable bonds is 8. The summed E-state index contributed by atoms with van der Waals surface area (Å²) in [5, 5.41) is 14.1. The second-order valence-electron chi connectivity index (χ2n) is 6.82. The number of ether oxygens (including phenoxy) is 2. The van der Waals surface area contributed by atoms with E-state index in [1.807, 2.05) is 24.3 Å². The Morgan fingerprint density at radius 1 is 1.27 bits per heavy atom. The zero-order valence-electron chi connectivity index (χ0n) is 16.8. The average molecular weight is 413 g/mol. The monoisotopic (exact) mass is 413 g/mol. The molecule has 0 saturated carbocycles. The lowest BCUT2D eigenvalue weighted by Crippen LogP contribution is -2.39. The van der Waals surface area contributed by atoms with E-state index in [9.17, 15) is 19.7 Å². The number of anilines is 2. The minimum Gasteiger partial charge on any atom is -0.449 e. The Morgan fingerprint density at radius 2 is 2.03 bits per heavy atom. The fraction of sp³-hybridized carbons (Fsp3) is 0.333. The van der Waals surface area contributed by atoms with Crippen LogP contribution < -0.4 is 10.2 Å². The van der Waals surface area contributed by atoms with Gasteiger partial charge in [0.25, 0.3) is 11.6 Å². The third-order valence-electron chi connectivity index (χ3n) is 4.84. The number of nitrogens with zero attached hydrogens (tertiary/aromatic N) is 2.